The predicted molar refractivity (Wildman–Crippen MR) is 61.4 cm³/mol. The van der Waals surface area contributed by atoms with Gasteiger partial charge in [-0.1, -0.05) is 19.8 Å². The summed E-state index contributed by atoms with van der Waals surface area (Å²) >= 11 is 0. The lowest BCUT2D eigenvalue weighted by Gasteiger charge is -2.20. The van der Waals surface area contributed by atoms with Crippen LogP contribution in [0.5, 0.6) is 0 Å². The van der Waals surface area contributed by atoms with Crippen molar-refractivity contribution in [3.63, 3.8) is 0 Å². The first-order valence-electron chi connectivity index (χ1n) is 5.48. The Morgan fingerprint density at radius 2 is 2.00 bits per heavy atom. The number of hydrogen-bond donors (Lipinski definition) is 1. The second kappa shape index (κ2) is 3.78. The van der Waals surface area contributed by atoms with Crippen LogP contribution in [0.3, 0.4) is 0 Å². The highest BCUT2D eigenvalue weighted by molar-refractivity contribution is 5.78. The van der Waals surface area contributed by atoms with Crippen LogP contribution in [0.25, 0.3) is 0 Å². The van der Waals surface area contributed by atoms with Crippen molar-refractivity contribution >= 4 is 5.97 Å². The van der Waals surface area contributed by atoms with Gasteiger partial charge < -0.3 is 9.84 Å². The molecule has 0 aromatic rings. The van der Waals surface area contributed by atoms with Crippen LogP contribution in [0.1, 0.15) is 34.6 Å². The van der Waals surface area contributed by atoms with Crippen molar-refractivity contribution in [2.24, 2.45) is 17.3 Å². The summed E-state index contributed by atoms with van der Waals surface area (Å²) in [5.41, 5.74) is -0.768. The molecule has 90 valence electrons. The zero-order valence-corrected chi connectivity index (χ0v) is 10.6. The molecule has 0 radical (unpaired) electrons. The summed E-state index contributed by atoms with van der Waals surface area (Å²) in [6.45, 7) is 9.33. The molecule has 0 heterocycles. The smallest absolute Gasteiger partial charge is 0.310 e. The maximum Gasteiger partial charge on any atom is 0.310 e. The van der Waals surface area contributed by atoms with Gasteiger partial charge in [-0.25, -0.2) is 0 Å². The third kappa shape index (κ3) is 2.38. The average molecular weight is 224 g/mol. The van der Waals surface area contributed by atoms with Crippen molar-refractivity contribution in [1.82, 2.24) is 0 Å². The van der Waals surface area contributed by atoms with Crippen LogP contribution in [0.4, 0.5) is 0 Å². The Morgan fingerprint density at radius 3 is 2.38 bits per heavy atom. The van der Waals surface area contributed by atoms with Gasteiger partial charge in [0.05, 0.1) is 5.92 Å². The summed E-state index contributed by atoms with van der Waals surface area (Å²) in [6.07, 6.45) is 4.30. The molecule has 1 fully saturated rings. The Balaban J connectivity index is 2.71. The van der Waals surface area contributed by atoms with Gasteiger partial charge in [-0.3, -0.25) is 4.79 Å². The van der Waals surface area contributed by atoms with E-state index < -0.39 is 11.7 Å². The number of ether oxygens (including phenoxy) is 1. The Kier molecular flexibility index (Phi) is 3.08. The van der Waals surface area contributed by atoms with Crippen molar-refractivity contribution < 1.29 is 14.6 Å². The van der Waals surface area contributed by atoms with E-state index in [1.54, 1.807) is 0 Å². The van der Waals surface area contributed by atoms with Gasteiger partial charge in [-0.15, -0.1) is 6.42 Å². The highest BCUT2D eigenvalue weighted by atomic mass is 16.6. The van der Waals surface area contributed by atoms with Crippen LogP contribution in [0.15, 0.2) is 0 Å². The minimum absolute atomic E-state index is 0.188. The number of hydrogen-bond acceptors (Lipinski definition) is 3. The fourth-order valence-electron chi connectivity index (χ4n) is 2.19. The molecular formula is C13H20O3. The molecule has 0 spiro atoms. The van der Waals surface area contributed by atoms with Crippen molar-refractivity contribution in [2.45, 2.75) is 46.3 Å². The number of carbonyl (C=O) groups is 1. The number of aliphatic hydroxyl groups excluding tert-OH is 1. The van der Waals surface area contributed by atoms with Gasteiger partial charge in [0.1, 0.15) is 11.7 Å². The SMILES string of the molecule is C#CC(O)C1C(C(=O)OC(C)(C)C)C1(C)C. The number of terminal acetylenes is 1. The number of rotatable bonds is 2. The molecule has 3 nitrogen and oxygen atoms in total. The minimum atomic E-state index is -0.868. The van der Waals surface area contributed by atoms with E-state index in [4.69, 9.17) is 11.2 Å². The standard InChI is InChI=1S/C13H20O3/c1-7-8(14)9-10(13(9,5)6)11(15)16-12(2,3)4/h1,8-10,14H,2-6H3. The zero-order chi connectivity index (χ0) is 12.7. The van der Waals surface area contributed by atoms with E-state index >= 15 is 0 Å². The third-order valence-corrected chi connectivity index (χ3v) is 3.08. The molecule has 0 amide bonds. The van der Waals surface area contributed by atoms with Crippen LogP contribution in [0, 0.1) is 29.6 Å². The maximum absolute atomic E-state index is 11.9. The van der Waals surface area contributed by atoms with Crippen LogP contribution in [-0.4, -0.2) is 22.8 Å². The number of esters is 1. The minimum Gasteiger partial charge on any atom is -0.460 e. The summed E-state index contributed by atoms with van der Waals surface area (Å²) < 4.78 is 5.30. The van der Waals surface area contributed by atoms with Gasteiger partial charge in [0.25, 0.3) is 0 Å². The summed E-state index contributed by atoms with van der Waals surface area (Å²) in [5.74, 6) is 1.53. The van der Waals surface area contributed by atoms with E-state index in [-0.39, 0.29) is 23.2 Å². The summed E-state index contributed by atoms with van der Waals surface area (Å²) in [4.78, 5) is 11.9. The second-order valence-corrected chi connectivity index (χ2v) is 5.97. The molecule has 16 heavy (non-hydrogen) atoms. The predicted octanol–water partition coefficient (Wildman–Crippen LogP) is 1.59. The first kappa shape index (κ1) is 13.1. The van der Waals surface area contributed by atoms with Gasteiger partial charge in [0.2, 0.25) is 0 Å². The van der Waals surface area contributed by atoms with Crippen molar-refractivity contribution in [3.05, 3.63) is 0 Å². The highest BCUT2D eigenvalue weighted by Crippen LogP contribution is 2.60. The summed E-state index contributed by atoms with van der Waals surface area (Å²) in [6, 6.07) is 0. The lowest BCUT2D eigenvalue weighted by Crippen LogP contribution is -2.26. The quantitative estimate of drug-likeness (QED) is 0.572. The number of aliphatic hydroxyl groups is 1. The van der Waals surface area contributed by atoms with Gasteiger partial charge in [0, 0.05) is 5.92 Å². The van der Waals surface area contributed by atoms with Crippen molar-refractivity contribution in [2.75, 3.05) is 0 Å². The lowest BCUT2D eigenvalue weighted by atomic mass is 10.1. The molecule has 1 N–H and O–H groups in total. The monoisotopic (exact) mass is 224 g/mol. The molecule has 0 aromatic heterocycles. The molecule has 0 aromatic carbocycles. The lowest BCUT2D eigenvalue weighted by molar-refractivity contribution is -0.157. The van der Waals surface area contributed by atoms with E-state index in [0.717, 1.165) is 0 Å². The molecule has 1 saturated carbocycles. The molecule has 1 rings (SSSR count). The molecule has 0 saturated heterocycles. The topological polar surface area (TPSA) is 46.5 Å². The maximum atomic E-state index is 11.9. The normalized spacial score (nSPS) is 29.1. The largest absolute Gasteiger partial charge is 0.460 e. The van der Waals surface area contributed by atoms with E-state index in [1.807, 2.05) is 34.6 Å². The Morgan fingerprint density at radius 1 is 1.50 bits per heavy atom. The zero-order valence-electron chi connectivity index (χ0n) is 10.6. The molecule has 0 bridgehead atoms. The highest BCUT2D eigenvalue weighted by Gasteiger charge is 2.65. The molecule has 1 aliphatic carbocycles. The summed E-state index contributed by atoms with van der Waals surface area (Å²) in [7, 11) is 0. The fraction of sp³-hybridized carbons (Fsp3) is 0.769. The van der Waals surface area contributed by atoms with Crippen LogP contribution >= 0.6 is 0 Å². The van der Waals surface area contributed by atoms with Crippen LogP contribution in [-0.2, 0) is 9.53 Å². The third-order valence-electron chi connectivity index (χ3n) is 3.08. The fourth-order valence-corrected chi connectivity index (χ4v) is 2.19. The summed E-state index contributed by atoms with van der Waals surface area (Å²) in [5, 5.41) is 9.61. The molecule has 3 unspecified atom stereocenters. The molecule has 0 aliphatic heterocycles. The van der Waals surface area contributed by atoms with Crippen molar-refractivity contribution in [3.8, 4) is 12.3 Å². The molecule has 1 aliphatic rings. The first-order valence-corrected chi connectivity index (χ1v) is 5.48. The Labute approximate surface area is 97.2 Å². The second-order valence-electron chi connectivity index (χ2n) is 5.97. The van der Waals surface area contributed by atoms with E-state index in [2.05, 4.69) is 5.92 Å². The van der Waals surface area contributed by atoms with Crippen LogP contribution < -0.4 is 0 Å². The van der Waals surface area contributed by atoms with Crippen LogP contribution in [0.2, 0.25) is 0 Å². The van der Waals surface area contributed by atoms with Gasteiger partial charge in [-0.2, -0.15) is 0 Å². The van der Waals surface area contributed by atoms with Crippen molar-refractivity contribution in [1.29, 1.82) is 0 Å². The Hall–Kier alpha value is -1.01. The van der Waals surface area contributed by atoms with E-state index in [1.165, 1.54) is 0 Å². The number of carbonyl (C=O) groups excluding carboxylic acids is 1. The first-order chi connectivity index (χ1) is 7.11. The molecular weight excluding hydrogens is 204 g/mol. The van der Waals surface area contributed by atoms with Gasteiger partial charge >= 0.3 is 5.97 Å². The van der Waals surface area contributed by atoms with E-state index in [9.17, 15) is 9.90 Å². The molecule has 3 heteroatoms. The Bertz CT molecular complexity index is 330. The van der Waals surface area contributed by atoms with E-state index in [0.29, 0.717) is 0 Å². The average Bonchev–Trinajstić information content (AvgIpc) is 2.64. The van der Waals surface area contributed by atoms with Gasteiger partial charge in [0.15, 0.2) is 0 Å². The van der Waals surface area contributed by atoms with Gasteiger partial charge in [-0.05, 0) is 26.2 Å². The molecule has 3 atom stereocenters.